The number of unbranched alkanes of at least 4 members (excludes halogenated alkanes) is 1. The smallest absolute Gasteiger partial charge is 0.326 e. The fourth-order valence-corrected chi connectivity index (χ4v) is 3.04. The molecule has 0 heterocycles. The summed E-state index contributed by atoms with van der Waals surface area (Å²) < 4.78 is 0. The van der Waals surface area contributed by atoms with Gasteiger partial charge in [0.15, 0.2) is 0 Å². The molecule has 0 aromatic carbocycles. The van der Waals surface area contributed by atoms with Crippen LogP contribution in [0.5, 0.6) is 0 Å². The molecule has 200 valence electrons. The van der Waals surface area contributed by atoms with Crippen LogP contribution in [-0.4, -0.2) is 71.3 Å². The minimum Gasteiger partial charge on any atom is -0.480 e. The van der Waals surface area contributed by atoms with E-state index >= 15 is 0 Å². The quantitative estimate of drug-likeness (QED) is 0.0898. The summed E-state index contributed by atoms with van der Waals surface area (Å²) in [6.45, 7) is 3.94. The zero-order valence-corrected chi connectivity index (χ0v) is 20.2. The predicted octanol–water partition coefficient (Wildman–Crippen LogP) is -2.83. The molecule has 0 aliphatic rings. The second-order valence-corrected chi connectivity index (χ2v) is 8.39. The van der Waals surface area contributed by atoms with Gasteiger partial charge < -0.3 is 44.0 Å². The van der Waals surface area contributed by atoms with Crippen molar-refractivity contribution in [1.82, 2.24) is 16.0 Å². The van der Waals surface area contributed by atoms with Gasteiger partial charge in [0.1, 0.15) is 18.1 Å². The molecule has 0 rings (SSSR count). The number of nitrogens with two attached hydrogens (primary N) is 4. The summed E-state index contributed by atoms with van der Waals surface area (Å²) >= 11 is 0. The molecule has 5 amide bonds. The van der Waals surface area contributed by atoms with Crippen molar-refractivity contribution in [3.63, 3.8) is 0 Å². The number of rotatable bonds is 18. The Labute approximate surface area is 204 Å². The molecule has 35 heavy (non-hydrogen) atoms. The van der Waals surface area contributed by atoms with Crippen LogP contribution in [0.15, 0.2) is 0 Å². The third kappa shape index (κ3) is 12.7. The van der Waals surface area contributed by atoms with E-state index in [9.17, 15) is 33.9 Å². The third-order valence-electron chi connectivity index (χ3n) is 5.47. The number of carbonyl (C=O) groups excluding carboxylic acids is 5. The summed E-state index contributed by atoms with van der Waals surface area (Å²) in [7, 11) is 0. The van der Waals surface area contributed by atoms with Crippen LogP contribution in [0.1, 0.15) is 58.8 Å². The zero-order chi connectivity index (χ0) is 27.1. The van der Waals surface area contributed by atoms with Gasteiger partial charge in [-0.3, -0.25) is 24.0 Å². The molecule has 0 aromatic heterocycles. The fourth-order valence-electron chi connectivity index (χ4n) is 3.04. The Morgan fingerprint density at radius 3 is 1.77 bits per heavy atom. The maximum Gasteiger partial charge on any atom is 0.326 e. The summed E-state index contributed by atoms with van der Waals surface area (Å²) in [6.07, 6.45) is 0.647. The molecule has 0 saturated carbocycles. The number of carboxylic acid groups (broad SMARTS) is 1. The summed E-state index contributed by atoms with van der Waals surface area (Å²) in [5.41, 5.74) is 21.6. The third-order valence-corrected chi connectivity index (χ3v) is 5.47. The van der Waals surface area contributed by atoms with E-state index in [1.54, 1.807) is 6.92 Å². The van der Waals surface area contributed by atoms with Crippen molar-refractivity contribution in [2.24, 2.45) is 28.9 Å². The molecule has 0 aliphatic heterocycles. The minimum absolute atomic E-state index is 0.0978. The van der Waals surface area contributed by atoms with E-state index < -0.39 is 66.1 Å². The van der Waals surface area contributed by atoms with Crippen LogP contribution in [0.25, 0.3) is 0 Å². The van der Waals surface area contributed by atoms with Gasteiger partial charge in [0.05, 0.1) is 12.5 Å². The number of carbonyl (C=O) groups is 6. The first-order valence-corrected chi connectivity index (χ1v) is 11.5. The molecule has 5 unspecified atom stereocenters. The number of carboxylic acids is 1. The van der Waals surface area contributed by atoms with E-state index in [2.05, 4.69) is 16.0 Å². The van der Waals surface area contributed by atoms with Gasteiger partial charge in [-0.1, -0.05) is 20.3 Å². The van der Waals surface area contributed by atoms with Crippen LogP contribution >= 0.6 is 0 Å². The van der Waals surface area contributed by atoms with Crippen molar-refractivity contribution in [3.05, 3.63) is 0 Å². The summed E-state index contributed by atoms with van der Waals surface area (Å²) in [6, 6.07) is -4.93. The van der Waals surface area contributed by atoms with Crippen LogP contribution in [0, 0.1) is 5.92 Å². The number of hydrogen-bond donors (Lipinski definition) is 8. The van der Waals surface area contributed by atoms with Crippen molar-refractivity contribution < 1.29 is 33.9 Å². The lowest BCUT2D eigenvalue weighted by molar-refractivity contribution is -0.143. The second-order valence-electron chi connectivity index (χ2n) is 8.39. The van der Waals surface area contributed by atoms with Gasteiger partial charge in [0.25, 0.3) is 0 Å². The topological polar surface area (TPSA) is 263 Å². The number of amides is 5. The molecular formula is C21H39N7O7. The molecule has 0 spiro atoms. The van der Waals surface area contributed by atoms with Crippen LogP contribution < -0.4 is 38.9 Å². The SMILES string of the molecule is CCC(C)C(N)C(=O)NC(CCC(N)=O)C(=O)NC(CCCCN)C(=O)NC(CC(N)=O)C(=O)O. The van der Waals surface area contributed by atoms with Gasteiger partial charge in [-0.05, 0) is 38.1 Å². The lowest BCUT2D eigenvalue weighted by Gasteiger charge is -2.26. The van der Waals surface area contributed by atoms with E-state index in [1.165, 1.54) is 0 Å². The molecule has 0 aromatic rings. The molecule has 14 heteroatoms. The van der Waals surface area contributed by atoms with E-state index in [0.29, 0.717) is 25.8 Å². The number of aliphatic carboxylic acids is 1. The van der Waals surface area contributed by atoms with Gasteiger partial charge in [0.2, 0.25) is 29.5 Å². The Bertz CT molecular complexity index is 762. The first-order valence-electron chi connectivity index (χ1n) is 11.5. The number of primary amides is 2. The highest BCUT2D eigenvalue weighted by Crippen LogP contribution is 2.08. The minimum atomic E-state index is -1.59. The molecule has 0 aliphatic carbocycles. The van der Waals surface area contributed by atoms with Crippen LogP contribution in [-0.2, 0) is 28.8 Å². The maximum absolute atomic E-state index is 13.0. The van der Waals surface area contributed by atoms with E-state index in [4.69, 9.17) is 22.9 Å². The maximum atomic E-state index is 13.0. The lowest BCUT2D eigenvalue weighted by atomic mass is 9.98. The van der Waals surface area contributed by atoms with E-state index in [-0.39, 0.29) is 25.2 Å². The van der Waals surface area contributed by atoms with Crippen molar-refractivity contribution in [2.45, 2.75) is 83.0 Å². The molecule has 0 radical (unpaired) electrons. The standard InChI is InChI=1S/C21H39N7O7/c1-3-11(2)17(25)20(33)27-13(7-8-15(23)29)19(32)26-12(6-4-5-9-22)18(31)28-14(21(34)35)10-16(24)30/h11-14,17H,3-10,22,25H2,1-2H3,(H2,23,29)(H2,24,30)(H,26,32)(H,27,33)(H,28,31)(H,34,35). The van der Waals surface area contributed by atoms with Gasteiger partial charge in [-0.15, -0.1) is 0 Å². The van der Waals surface area contributed by atoms with E-state index in [1.807, 2.05) is 6.92 Å². The lowest BCUT2D eigenvalue weighted by Crippen LogP contribution is -2.57. The zero-order valence-electron chi connectivity index (χ0n) is 20.2. The summed E-state index contributed by atoms with van der Waals surface area (Å²) in [5, 5.41) is 16.4. The fraction of sp³-hybridized carbons (Fsp3) is 0.714. The first-order chi connectivity index (χ1) is 16.3. The predicted molar refractivity (Wildman–Crippen MR) is 126 cm³/mol. The molecule has 12 N–H and O–H groups in total. The summed E-state index contributed by atoms with van der Waals surface area (Å²) in [4.78, 5) is 72.0. The van der Waals surface area contributed by atoms with Crippen molar-refractivity contribution in [3.8, 4) is 0 Å². The highest BCUT2D eigenvalue weighted by Gasteiger charge is 2.31. The average molecular weight is 502 g/mol. The van der Waals surface area contributed by atoms with Crippen molar-refractivity contribution >= 4 is 35.5 Å². The Balaban J connectivity index is 5.63. The van der Waals surface area contributed by atoms with Crippen LogP contribution in [0.4, 0.5) is 0 Å². The Kier molecular flexibility index (Phi) is 14.9. The van der Waals surface area contributed by atoms with Crippen molar-refractivity contribution in [1.29, 1.82) is 0 Å². The number of hydrogen-bond acceptors (Lipinski definition) is 8. The second kappa shape index (κ2) is 16.4. The Morgan fingerprint density at radius 1 is 0.800 bits per heavy atom. The largest absolute Gasteiger partial charge is 0.480 e. The van der Waals surface area contributed by atoms with Gasteiger partial charge in [0, 0.05) is 6.42 Å². The molecule has 0 fully saturated rings. The molecule has 5 atom stereocenters. The van der Waals surface area contributed by atoms with Gasteiger partial charge in [-0.25, -0.2) is 4.79 Å². The van der Waals surface area contributed by atoms with Crippen LogP contribution in [0.3, 0.4) is 0 Å². The Morgan fingerprint density at radius 2 is 1.31 bits per heavy atom. The summed E-state index contributed by atoms with van der Waals surface area (Å²) in [5.74, 6) is -5.55. The van der Waals surface area contributed by atoms with Gasteiger partial charge >= 0.3 is 5.97 Å². The molecule has 0 bridgehead atoms. The van der Waals surface area contributed by atoms with Crippen molar-refractivity contribution in [2.75, 3.05) is 6.54 Å². The molecule has 0 saturated heterocycles. The highest BCUT2D eigenvalue weighted by atomic mass is 16.4. The van der Waals surface area contributed by atoms with Crippen LogP contribution in [0.2, 0.25) is 0 Å². The average Bonchev–Trinajstić information content (AvgIpc) is 2.78. The Hall–Kier alpha value is -3.26. The first kappa shape index (κ1) is 31.7. The highest BCUT2D eigenvalue weighted by molar-refractivity contribution is 5.95. The van der Waals surface area contributed by atoms with E-state index in [0.717, 1.165) is 0 Å². The normalized spacial score (nSPS) is 15.1. The van der Waals surface area contributed by atoms with Gasteiger partial charge in [-0.2, -0.15) is 0 Å². The monoisotopic (exact) mass is 501 g/mol. The molecule has 14 nitrogen and oxygen atoms in total. The number of nitrogens with one attached hydrogen (secondary N) is 3. The molecular weight excluding hydrogens is 462 g/mol.